The van der Waals surface area contributed by atoms with Crippen LogP contribution in [0.15, 0.2) is 12.2 Å². The molecule has 0 aromatic rings. The summed E-state index contributed by atoms with van der Waals surface area (Å²) in [6.07, 6.45) is 41.7. The lowest BCUT2D eigenvalue weighted by molar-refractivity contribution is -0.142. The first-order chi connectivity index (χ1) is 17.8. The zero-order valence-electron chi connectivity index (χ0n) is 25.0. The maximum absolute atomic E-state index is 11.7. The van der Waals surface area contributed by atoms with Gasteiger partial charge in [-0.05, 0) is 19.3 Å². The van der Waals surface area contributed by atoms with Gasteiger partial charge in [0.15, 0.2) is 0 Å². The van der Waals surface area contributed by atoms with Crippen LogP contribution in [0, 0.1) is 0 Å². The van der Waals surface area contributed by atoms with Gasteiger partial charge in [0.1, 0.15) is 6.61 Å². The van der Waals surface area contributed by atoms with Crippen molar-refractivity contribution in [1.82, 2.24) is 0 Å². The van der Waals surface area contributed by atoms with E-state index in [4.69, 9.17) is 4.74 Å². The number of esters is 1. The van der Waals surface area contributed by atoms with Crippen LogP contribution in [0.5, 0.6) is 0 Å². The van der Waals surface area contributed by atoms with Crippen molar-refractivity contribution in [3.05, 3.63) is 12.2 Å². The second-order valence-corrected chi connectivity index (χ2v) is 11.2. The summed E-state index contributed by atoms with van der Waals surface area (Å²) >= 11 is 0. The van der Waals surface area contributed by atoms with Crippen LogP contribution in [0.1, 0.15) is 194 Å². The lowest BCUT2D eigenvalue weighted by Gasteiger charge is -2.04. The number of carbonyl (C=O) groups is 1. The standard InChI is InChI=1S/C34H66O2/c1-3-5-7-9-11-12-13-14-15-16-17-18-19-20-21-22-23-24-25-26-27-28-30-32-34(35)36-33-31-29-10-8-6-4-2/h29,31H,3-28,30,32-33H2,1-2H3/b31-29+. The van der Waals surface area contributed by atoms with Crippen molar-refractivity contribution in [3.63, 3.8) is 0 Å². The maximum Gasteiger partial charge on any atom is 0.306 e. The zero-order valence-corrected chi connectivity index (χ0v) is 25.0. The van der Waals surface area contributed by atoms with Gasteiger partial charge < -0.3 is 4.74 Å². The summed E-state index contributed by atoms with van der Waals surface area (Å²) in [5.41, 5.74) is 0. The smallest absolute Gasteiger partial charge is 0.306 e. The Labute approximate surface area is 227 Å². The van der Waals surface area contributed by atoms with Gasteiger partial charge in [0.05, 0.1) is 0 Å². The molecule has 0 bridgehead atoms. The van der Waals surface area contributed by atoms with Crippen molar-refractivity contribution in [1.29, 1.82) is 0 Å². The SMILES string of the molecule is CCCCC/C=C/COC(=O)CCCCCCCCCCCCCCCCCCCCCCCCC. The highest BCUT2D eigenvalue weighted by atomic mass is 16.5. The molecule has 0 aromatic carbocycles. The molecule has 2 heteroatoms. The van der Waals surface area contributed by atoms with E-state index >= 15 is 0 Å². The molecule has 36 heavy (non-hydrogen) atoms. The van der Waals surface area contributed by atoms with E-state index in [-0.39, 0.29) is 5.97 Å². The van der Waals surface area contributed by atoms with Gasteiger partial charge in [-0.3, -0.25) is 4.79 Å². The van der Waals surface area contributed by atoms with Gasteiger partial charge in [0.2, 0.25) is 0 Å². The Bertz CT molecular complexity index is 442. The molecule has 0 fully saturated rings. The number of hydrogen-bond donors (Lipinski definition) is 0. The fourth-order valence-corrected chi connectivity index (χ4v) is 4.97. The molecular formula is C34H66O2. The summed E-state index contributed by atoms with van der Waals surface area (Å²) in [6, 6.07) is 0. The van der Waals surface area contributed by atoms with E-state index in [1.165, 1.54) is 161 Å². The van der Waals surface area contributed by atoms with Crippen molar-refractivity contribution < 1.29 is 9.53 Å². The molecule has 2 nitrogen and oxygen atoms in total. The Kier molecular flexibility index (Phi) is 31.5. The molecule has 0 atom stereocenters. The molecular weight excluding hydrogens is 440 g/mol. The fourth-order valence-electron chi connectivity index (χ4n) is 4.97. The van der Waals surface area contributed by atoms with Crippen LogP contribution in [0.2, 0.25) is 0 Å². The third kappa shape index (κ3) is 31.2. The van der Waals surface area contributed by atoms with Crippen LogP contribution >= 0.6 is 0 Å². The Morgan fingerprint density at radius 1 is 0.444 bits per heavy atom. The molecule has 0 aromatic heterocycles. The average Bonchev–Trinajstić information content (AvgIpc) is 2.88. The molecule has 0 radical (unpaired) electrons. The first-order valence-electron chi connectivity index (χ1n) is 16.6. The topological polar surface area (TPSA) is 26.3 Å². The molecule has 0 spiro atoms. The lowest BCUT2D eigenvalue weighted by Crippen LogP contribution is -2.03. The van der Waals surface area contributed by atoms with Crippen LogP contribution in [-0.4, -0.2) is 12.6 Å². The predicted molar refractivity (Wildman–Crippen MR) is 161 cm³/mol. The van der Waals surface area contributed by atoms with Crippen molar-refractivity contribution in [2.45, 2.75) is 194 Å². The van der Waals surface area contributed by atoms with E-state index < -0.39 is 0 Å². The van der Waals surface area contributed by atoms with Crippen molar-refractivity contribution in [3.8, 4) is 0 Å². The molecule has 0 saturated carbocycles. The van der Waals surface area contributed by atoms with Gasteiger partial charge in [0.25, 0.3) is 0 Å². The number of allylic oxidation sites excluding steroid dienone is 1. The predicted octanol–water partition coefficient (Wildman–Crippen LogP) is 12.0. The molecule has 0 saturated heterocycles. The first-order valence-corrected chi connectivity index (χ1v) is 16.6. The molecule has 0 rings (SSSR count). The van der Waals surface area contributed by atoms with Gasteiger partial charge >= 0.3 is 5.97 Å². The molecule has 0 heterocycles. The largest absolute Gasteiger partial charge is 0.461 e. The van der Waals surface area contributed by atoms with Crippen molar-refractivity contribution >= 4 is 5.97 Å². The molecule has 214 valence electrons. The van der Waals surface area contributed by atoms with Crippen LogP contribution in [0.3, 0.4) is 0 Å². The number of ether oxygens (including phenoxy) is 1. The zero-order chi connectivity index (χ0) is 26.2. The summed E-state index contributed by atoms with van der Waals surface area (Å²) in [7, 11) is 0. The Morgan fingerprint density at radius 2 is 0.778 bits per heavy atom. The molecule has 0 amide bonds. The van der Waals surface area contributed by atoms with E-state index in [0.717, 1.165) is 12.8 Å². The third-order valence-corrected chi connectivity index (χ3v) is 7.47. The van der Waals surface area contributed by atoms with E-state index in [0.29, 0.717) is 13.0 Å². The monoisotopic (exact) mass is 507 g/mol. The first kappa shape index (κ1) is 35.2. The lowest BCUT2D eigenvalue weighted by atomic mass is 10.0. The molecule has 0 unspecified atom stereocenters. The Morgan fingerprint density at radius 3 is 1.17 bits per heavy atom. The second kappa shape index (κ2) is 32.2. The highest BCUT2D eigenvalue weighted by Gasteiger charge is 2.01. The number of hydrogen-bond acceptors (Lipinski definition) is 2. The minimum atomic E-state index is -0.0308. The van der Waals surface area contributed by atoms with Crippen molar-refractivity contribution in [2.24, 2.45) is 0 Å². The summed E-state index contributed by atoms with van der Waals surface area (Å²) in [6.45, 7) is 4.96. The number of carbonyl (C=O) groups excluding carboxylic acids is 1. The van der Waals surface area contributed by atoms with E-state index in [1.54, 1.807) is 0 Å². The van der Waals surface area contributed by atoms with Gasteiger partial charge in [0, 0.05) is 6.42 Å². The van der Waals surface area contributed by atoms with Gasteiger partial charge in [-0.1, -0.05) is 180 Å². The second-order valence-electron chi connectivity index (χ2n) is 11.2. The summed E-state index contributed by atoms with van der Waals surface area (Å²) in [5.74, 6) is -0.0308. The molecule has 0 aliphatic carbocycles. The third-order valence-electron chi connectivity index (χ3n) is 7.47. The number of rotatable bonds is 30. The van der Waals surface area contributed by atoms with Gasteiger partial charge in [-0.15, -0.1) is 0 Å². The van der Waals surface area contributed by atoms with Crippen LogP contribution in [-0.2, 0) is 9.53 Å². The number of unbranched alkanes of at least 4 members (excludes halogenated alkanes) is 25. The van der Waals surface area contributed by atoms with Gasteiger partial charge in [-0.25, -0.2) is 0 Å². The highest BCUT2D eigenvalue weighted by Crippen LogP contribution is 2.15. The van der Waals surface area contributed by atoms with Crippen molar-refractivity contribution in [2.75, 3.05) is 6.61 Å². The van der Waals surface area contributed by atoms with E-state index in [2.05, 4.69) is 19.9 Å². The minimum Gasteiger partial charge on any atom is -0.461 e. The van der Waals surface area contributed by atoms with Gasteiger partial charge in [-0.2, -0.15) is 0 Å². The Balaban J connectivity index is 3.13. The summed E-state index contributed by atoms with van der Waals surface area (Å²) in [5, 5.41) is 0. The highest BCUT2D eigenvalue weighted by molar-refractivity contribution is 5.69. The van der Waals surface area contributed by atoms with E-state index in [9.17, 15) is 4.79 Å². The molecule has 0 aliphatic heterocycles. The van der Waals surface area contributed by atoms with E-state index in [1.807, 2.05) is 6.08 Å². The minimum absolute atomic E-state index is 0.0308. The average molecular weight is 507 g/mol. The maximum atomic E-state index is 11.7. The summed E-state index contributed by atoms with van der Waals surface area (Å²) in [4.78, 5) is 11.7. The molecule has 0 aliphatic rings. The Hall–Kier alpha value is -0.790. The van der Waals surface area contributed by atoms with Crippen LogP contribution in [0.25, 0.3) is 0 Å². The van der Waals surface area contributed by atoms with Crippen LogP contribution < -0.4 is 0 Å². The normalized spacial score (nSPS) is 11.5. The van der Waals surface area contributed by atoms with Crippen LogP contribution in [0.4, 0.5) is 0 Å². The fraction of sp³-hybridized carbons (Fsp3) is 0.912. The summed E-state index contributed by atoms with van der Waals surface area (Å²) < 4.78 is 5.27. The quantitative estimate of drug-likeness (QED) is 0.0550. The molecule has 0 N–H and O–H groups in total.